The van der Waals surface area contributed by atoms with Crippen molar-refractivity contribution < 1.29 is 9.90 Å². The van der Waals surface area contributed by atoms with Gasteiger partial charge in [0.1, 0.15) is 0 Å². The fraction of sp³-hybridized carbons (Fsp3) is 0.474. The van der Waals surface area contributed by atoms with Gasteiger partial charge in [-0.25, -0.2) is 0 Å². The zero-order chi connectivity index (χ0) is 15.8. The molecule has 1 amide bonds. The first-order chi connectivity index (χ1) is 11.2. The van der Waals surface area contributed by atoms with Gasteiger partial charge in [-0.05, 0) is 55.2 Å². The van der Waals surface area contributed by atoms with Gasteiger partial charge in [0.25, 0.3) is 0 Å². The van der Waals surface area contributed by atoms with Crippen molar-refractivity contribution in [1.82, 2.24) is 10.3 Å². The van der Waals surface area contributed by atoms with Crippen LogP contribution < -0.4 is 5.32 Å². The predicted octanol–water partition coefficient (Wildman–Crippen LogP) is 2.96. The number of pyridine rings is 1. The summed E-state index contributed by atoms with van der Waals surface area (Å²) in [6.45, 7) is 0. The molecule has 2 saturated carbocycles. The maximum atomic E-state index is 12.3. The van der Waals surface area contributed by atoms with Gasteiger partial charge in [-0.1, -0.05) is 18.2 Å². The summed E-state index contributed by atoms with van der Waals surface area (Å²) in [6.07, 6.45) is 6.14. The van der Waals surface area contributed by atoms with Crippen molar-refractivity contribution >= 4 is 16.8 Å². The lowest BCUT2D eigenvalue weighted by Crippen LogP contribution is -2.41. The van der Waals surface area contributed by atoms with Gasteiger partial charge >= 0.3 is 0 Å². The normalized spacial score (nSPS) is 24.9. The average molecular weight is 310 g/mol. The van der Waals surface area contributed by atoms with Crippen LogP contribution in [0.15, 0.2) is 36.5 Å². The van der Waals surface area contributed by atoms with E-state index in [0.717, 1.165) is 29.3 Å². The average Bonchev–Trinajstić information content (AvgIpc) is 3.33. The van der Waals surface area contributed by atoms with Crippen LogP contribution in [-0.2, 0) is 4.79 Å². The zero-order valence-electron chi connectivity index (χ0n) is 13.1. The quantitative estimate of drug-likeness (QED) is 0.892. The third kappa shape index (κ3) is 3.22. The summed E-state index contributed by atoms with van der Waals surface area (Å²) >= 11 is 0. The number of nitrogens with zero attached hydrogens (tertiary/aromatic N) is 1. The molecule has 0 spiro atoms. The number of aliphatic hydroxyl groups excluding tert-OH is 1. The first-order valence-electron chi connectivity index (χ1n) is 8.51. The molecule has 4 nitrogen and oxygen atoms in total. The molecular weight excluding hydrogens is 288 g/mol. The van der Waals surface area contributed by atoms with E-state index in [1.807, 2.05) is 30.5 Å². The topological polar surface area (TPSA) is 62.2 Å². The van der Waals surface area contributed by atoms with E-state index in [0.29, 0.717) is 18.3 Å². The molecular formula is C19H22N2O2. The fourth-order valence-electron chi connectivity index (χ4n) is 3.45. The molecule has 120 valence electrons. The highest BCUT2D eigenvalue weighted by Gasteiger charge is 2.36. The van der Waals surface area contributed by atoms with Crippen LogP contribution in [0.2, 0.25) is 0 Å². The Balaban J connectivity index is 1.58. The summed E-state index contributed by atoms with van der Waals surface area (Å²) in [5.41, 5.74) is 2.01. The van der Waals surface area contributed by atoms with Crippen molar-refractivity contribution in [2.24, 2.45) is 11.8 Å². The first-order valence-corrected chi connectivity index (χ1v) is 8.51. The van der Waals surface area contributed by atoms with Gasteiger partial charge in [-0.2, -0.15) is 0 Å². The molecule has 0 radical (unpaired) electrons. The minimum atomic E-state index is -0.226. The monoisotopic (exact) mass is 310 g/mol. The molecule has 1 aromatic heterocycles. The van der Waals surface area contributed by atoms with Gasteiger partial charge in [-0.3, -0.25) is 9.78 Å². The molecule has 2 aliphatic carbocycles. The standard InChI is InChI=1S/C19H22N2O2/c22-16-9-14(10-16)19(21-18(23)7-12-5-6-12)15-8-13-3-1-2-4-17(13)20-11-15/h1-4,8,11-12,14,16,19,22H,5-7,9-10H2,(H,21,23)/t14?,16?,19-/m0/s1. The van der Waals surface area contributed by atoms with Crippen molar-refractivity contribution in [3.05, 3.63) is 42.1 Å². The number of nitrogens with one attached hydrogen (secondary N) is 1. The molecule has 23 heavy (non-hydrogen) atoms. The smallest absolute Gasteiger partial charge is 0.220 e. The number of rotatable bonds is 5. The van der Waals surface area contributed by atoms with E-state index in [-0.39, 0.29) is 18.1 Å². The van der Waals surface area contributed by atoms with Crippen molar-refractivity contribution in [3.63, 3.8) is 0 Å². The van der Waals surface area contributed by atoms with Crippen LogP contribution in [0, 0.1) is 11.8 Å². The molecule has 1 atom stereocenters. The molecule has 2 aliphatic rings. The molecule has 4 heteroatoms. The number of carbonyl (C=O) groups excluding carboxylic acids is 1. The third-order valence-electron chi connectivity index (χ3n) is 5.08. The molecule has 2 fully saturated rings. The highest BCUT2D eigenvalue weighted by molar-refractivity contribution is 5.80. The van der Waals surface area contributed by atoms with Crippen LogP contribution in [0.25, 0.3) is 10.9 Å². The number of amides is 1. The largest absolute Gasteiger partial charge is 0.393 e. The van der Waals surface area contributed by atoms with E-state index < -0.39 is 0 Å². The Morgan fingerprint density at radius 3 is 2.83 bits per heavy atom. The van der Waals surface area contributed by atoms with Crippen molar-refractivity contribution in [1.29, 1.82) is 0 Å². The van der Waals surface area contributed by atoms with Gasteiger partial charge in [-0.15, -0.1) is 0 Å². The van der Waals surface area contributed by atoms with Gasteiger partial charge < -0.3 is 10.4 Å². The lowest BCUT2D eigenvalue weighted by Gasteiger charge is -2.38. The minimum Gasteiger partial charge on any atom is -0.393 e. The minimum absolute atomic E-state index is 0.0400. The molecule has 0 aliphatic heterocycles. The summed E-state index contributed by atoms with van der Waals surface area (Å²) in [6, 6.07) is 10.1. The maximum Gasteiger partial charge on any atom is 0.220 e. The first kappa shape index (κ1) is 14.6. The van der Waals surface area contributed by atoms with Crippen LogP contribution in [0.3, 0.4) is 0 Å². The Morgan fingerprint density at radius 1 is 1.30 bits per heavy atom. The number of fused-ring (bicyclic) bond motifs is 1. The zero-order valence-corrected chi connectivity index (χ0v) is 13.1. The van der Waals surface area contributed by atoms with Gasteiger partial charge in [0.15, 0.2) is 0 Å². The summed E-state index contributed by atoms with van der Waals surface area (Å²) in [4.78, 5) is 16.8. The molecule has 0 bridgehead atoms. The number of hydrogen-bond donors (Lipinski definition) is 2. The Bertz CT molecular complexity index is 720. The predicted molar refractivity (Wildman–Crippen MR) is 88.7 cm³/mol. The van der Waals surface area contributed by atoms with E-state index in [1.54, 1.807) is 0 Å². The number of benzene rings is 1. The van der Waals surface area contributed by atoms with E-state index in [1.165, 1.54) is 12.8 Å². The third-order valence-corrected chi connectivity index (χ3v) is 5.08. The molecule has 0 saturated heterocycles. The van der Waals surface area contributed by atoms with Crippen LogP contribution in [0.1, 0.15) is 43.7 Å². The van der Waals surface area contributed by atoms with E-state index in [2.05, 4.69) is 16.4 Å². The maximum absolute atomic E-state index is 12.3. The highest BCUT2D eigenvalue weighted by Crippen LogP contribution is 2.39. The highest BCUT2D eigenvalue weighted by atomic mass is 16.3. The molecule has 1 heterocycles. The Kier molecular flexibility index (Phi) is 3.77. The van der Waals surface area contributed by atoms with Crippen LogP contribution in [0.4, 0.5) is 0 Å². The fourth-order valence-corrected chi connectivity index (χ4v) is 3.45. The van der Waals surface area contributed by atoms with Crippen LogP contribution in [-0.4, -0.2) is 22.1 Å². The van der Waals surface area contributed by atoms with E-state index in [4.69, 9.17) is 0 Å². The SMILES string of the molecule is O=C(CC1CC1)N[C@H](c1cnc2ccccc2c1)C1CC(O)C1. The van der Waals surface area contributed by atoms with Crippen molar-refractivity contribution in [3.8, 4) is 0 Å². The molecule has 4 rings (SSSR count). The van der Waals surface area contributed by atoms with E-state index >= 15 is 0 Å². The molecule has 1 aromatic carbocycles. The van der Waals surface area contributed by atoms with Gasteiger partial charge in [0, 0.05) is 18.0 Å². The van der Waals surface area contributed by atoms with Crippen molar-refractivity contribution in [2.75, 3.05) is 0 Å². The number of aromatic nitrogens is 1. The van der Waals surface area contributed by atoms with Crippen molar-refractivity contribution in [2.45, 2.75) is 44.2 Å². The summed E-state index contributed by atoms with van der Waals surface area (Å²) in [7, 11) is 0. The summed E-state index contributed by atoms with van der Waals surface area (Å²) in [5.74, 6) is 1.01. The second kappa shape index (κ2) is 5.93. The van der Waals surface area contributed by atoms with Crippen LogP contribution in [0.5, 0.6) is 0 Å². The summed E-state index contributed by atoms with van der Waals surface area (Å²) in [5, 5.41) is 13.9. The Labute approximate surface area is 135 Å². The Morgan fingerprint density at radius 2 is 2.09 bits per heavy atom. The molecule has 2 aromatic rings. The number of hydrogen-bond acceptors (Lipinski definition) is 3. The van der Waals surface area contributed by atoms with Gasteiger partial charge in [0.2, 0.25) is 5.91 Å². The number of carbonyl (C=O) groups is 1. The number of para-hydroxylation sites is 1. The lowest BCUT2D eigenvalue weighted by molar-refractivity contribution is -0.123. The lowest BCUT2D eigenvalue weighted by atomic mass is 9.75. The number of aliphatic hydroxyl groups is 1. The van der Waals surface area contributed by atoms with Gasteiger partial charge in [0.05, 0.1) is 17.7 Å². The van der Waals surface area contributed by atoms with Crippen LogP contribution >= 0.6 is 0 Å². The molecule has 0 unspecified atom stereocenters. The summed E-state index contributed by atoms with van der Waals surface area (Å²) < 4.78 is 0. The van der Waals surface area contributed by atoms with E-state index in [9.17, 15) is 9.90 Å². The Hall–Kier alpha value is -1.94. The second-order valence-corrected chi connectivity index (χ2v) is 7.04. The second-order valence-electron chi connectivity index (χ2n) is 7.04. The molecule has 2 N–H and O–H groups in total.